The van der Waals surface area contributed by atoms with E-state index in [9.17, 15) is 9.59 Å². The standard InChI is InChI=1S/C24H23N5O3/c1-26-21-20(22(30)27(2)24(26)31)29-14-19(17-10-9-15-6-3-4-7-16(15)12-17)28(23(29)25-21)13-18-8-5-11-32-18/h3-4,6-7,9-10,12,14,18H,5,8,11,13H2,1-2H3/t18-/m1/s1. The third-order valence-corrected chi connectivity index (χ3v) is 6.51. The quantitative estimate of drug-likeness (QED) is 0.442. The van der Waals surface area contributed by atoms with Crippen molar-refractivity contribution in [2.75, 3.05) is 6.61 Å². The van der Waals surface area contributed by atoms with Crippen LogP contribution in [0.25, 0.3) is 39.0 Å². The van der Waals surface area contributed by atoms with E-state index in [2.05, 4.69) is 34.9 Å². The Balaban J connectivity index is 1.66. The smallest absolute Gasteiger partial charge is 0.332 e. The van der Waals surface area contributed by atoms with Gasteiger partial charge in [0.05, 0.1) is 18.3 Å². The second-order valence-electron chi connectivity index (χ2n) is 8.48. The van der Waals surface area contributed by atoms with Gasteiger partial charge in [-0.05, 0) is 29.7 Å². The SMILES string of the molecule is Cn1c(=O)c2c(nc3n(C[C@H]4CCCO4)c(-c4ccc5ccccc5c4)cn23)n(C)c1=O. The van der Waals surface area contributed by atoms with E-state index >= 15 is 0 Å². The van der Waals surface area contributed by atoms with E-state index < -0.39 is 0 Å². The molecule has 4 heterocycles. The van der Waals surface area contributed by atoms with E-state index in [1.54, 1.807) is 7.05 Å². The van der Waals surface area contributed by atoms with Crippen molar-refractivity contribution in [3.8, 4) is 11.3 Å². The van der Waals surface area contributed by atoms with Gasteiger partial charge in [0, 0.05) is 32.5 Å². The number of imidazole rings is 2. The fourth-order valence-electron chi connectivity index (χ4n) is 4.77. The molecule has 0 spiro atoms. The third-order valence-electron chi connectivity index (χ3n) is 6.51. The van der Waals surface area contributed by atoms with Crippen molar-refractivity contribution in [1.82, 2.24) is 23.1 Å². The van der Waals surface area contributed by atoms with Crippen molar-refractivity contribution < 1.29 is 4.74 Å². The summed E-state index contributed by atoms with van der Waals surface area (Å²) in [5, 5.41) is 2.32. The molecule has 8 nitrogen and oxygen atoms in total. The van der Waals surface area contributed by atoms with Crippen LogP contribution >= 0.6 is 0 Å². The first-order chi connectivity index (χ1) is 15.5. The molecule has 6 rings (SSSR count). The summed E-state index contributed by atoms with van der Waals surface area (Å²) >= 11 is 0. The highest BCUT2D eigenvalue weighted by atomic mass is 16.5. The van der Waals surface area contributed by atoms with Gasteiger partial charge in [0.15, 0.2) is 11.2 Å². The van der Waals surface area contributed by atoms with E-state index in [1.807, 2.05) is 22.7 Å². The van der Waals surface area contributed by atoms with Crippen LogP contribution in [0.2, 0.25) is 0 Å². The molecule has 1 aliphatic rings. The van der Waals surface area contributed by atoms with Gasteiger partial charge in [-0.25, -0.2) is 4.79 Å². The van der Waals surface area contributed by atoms with Crippen LogP contribution in [0, 0.1) is 0 Å². The fourth-order valence-corrected chi connectivity index (χ4v) is 4.77. The van der Waals surface area contributed by atoms with Gasteiger partial charge in [-0.2, -0.15) is 4.98 Å². The highest BCUT2D eigenvalue weighted by molar-refractivity contribution is 5.87. The van der Waals surface area contributed by atoms with Crippen LogP contribution < -0.4 is 11.2 Å². The molecule has 2 aromatic carbocycles. The Hall–Kier alpha value is -3.65. The van der Waals surface area contributed by atoms with Gasteiger partial charge in [0.1, 0.15) is 0 Å². The Morgan fingerprint density at radius 2 is 1.88 bits per heavy atom. The summed E-state index contributed by atoms with van der Waals surface area (Å²) in [6, 6.07) is 14.6. The number of ether oxygens (including phenoxy) is 1. The predicted octanol–water partition coefficient (Wildman–Crippen LogP) is 2.69. The molecule has 0 N–H and O–H groups in total. The van der Waals surface area contributed by atoms with Crippen LogP contribution in [0.15, 0.2) is 58.3 Å². The van der Waals surface area contributed by atoms with Gasteiger partial charge in [-0.15, -0.1) is 0 Å². The minimum Gasteiger partial charge on any atom is -0.376 e. The largest absolute Gasteiger partial charge is 0.376 e. The lowest BCUT2D eigenvalue weighted by atomic mass is 10.1. The van der Waals surface area contributed by atoms with Gasteiger partial charge < -0.3 is 9.30 Å². The monoisotopic (exact) mass is 429 g/mol. The van der Waals surface area contributed by atoms with E-state index in [-0.39, 0.29) is 17.4 Å². The third kappa shape index (κ3) is 2.69. The lowest BCUT2D eigenvalue weighted by Crippen LogP contribution is -2.37. The molecule has 0 saturated carbocycles. The van der Waals surface area contributed by atoms with Crippen LogP contribution in [0.4, 0.5) is 0 Å². The van der Waals surface area contributed by atoms with Gasteiger partial charge in [-0.1, -0.05) is 36.4 Å². The summed E-state index contributed by atoms with van der Waals surface area (Å²) in [4.78, 5) is 30.2. The van der Waals surface area contributed by atoms with Crippen molar-refractivity contribution in [2.24, 2.45) is 14.1 Å². The van der Waals surface area contributed by atoms with E-state index in [0.717, 1.165) is 40.7 Å². The van der Waals surface area contributed by atoms with Crippen molar-refractivity contribution in [1.29, 1.82) is 0 Å². The van der Waals surface area contributed by atoms with E-state index in [0.29, 0.717) is 23.5 Å². The number of hydrogen-bond donors (Lipinski definition) is 0. The molecule has 0 radical (unpaired) electrons. The van der Waals surface area contributed by atoms with Gasteiger partial charge in [0.25, 0.3) is 5.56 Å². The second kappa shape index (κ2) is 6.93. The minimum absolute atomic E-state index is 0.0943. The summed E-state index contributed by atoms with van der Waals surface area (Å²) in [7, 11) is 3.14. The molecule has 1 fully saturated rings. The van der Waals surface area contributed by atoms with E-state index in [4.69, 9.17) is 9.72 Å². The molecule has 0 bridgehead atoms. The number of aromatic nitrogens is 5. The van der Waals surface area contributed by atoms with E-state index in [1.165, 1.54) is 17.0 Å². The number of benzene rings is 2. The Kier molecular flexibility index (Phi) is 4.13. The van der Waals surface area contributed by atoms with Crippen molar-refractivity contribution in [3.63, 3.8) is 0 Å². The van der Waals surface area contributed by atoms with Crippen LogP contribution in [-0.4, -0.2) is 35.8 Å². The molecule has 5 aromatic rings. The number of hydrogen-bond acceptors (Lipinski definition) is 4. The lowest BCUT2D eigenvalue weighted by molar-refractivity contribution is 0.0981. The molecule has 0 aliphatic carbocycles. The maximum absolute atomic E-state index is 13.0. The molecule has 1 atom stereocenters. The summed E-state index contributed by atoms with van der Waals surface area (Å²) in [6.45, 7) is 1.40. The second-order valence-corrected chi connectivity index (χ2v) is 8.48. The Morgan fingerprint density at radius 1 is 1.06 bits per heavy atom. The molecule has 1 saturated heterocycles. The summed E-state index contributed by atoms with van der Waals surface area (Å²) in [6.07, 6.45) is 4.08. The summed E-state index contributed by atoms with van der Waals surface area (Å²) in [5.41, 5.74) is 2.06. The first kappa shape index (κ1) is 19.1. The first-order valence-electron chi connectivity index (χ1n) is 10.8. The Labute approximate surface area is 182 Å². The predicted molar refractivity (Wildman–Crippen MR) is 123 cm³/mol. The van der Waals surface area contributed by atoms with Crippen molar-refractivity contribution in [3.05, 3.63) is 69.5 Å². The van der Waals surface area contributed by atoms with Crippen molar-refractivity contribution >= 4 is 27.7 Å². The summed E-state index contributed by atoms with van der Waals surface area (Å²) in [5.74, 6) is 0.636. The molecule has 32 heavy (non-hydrogen) atoms. The zero-order chi connectivity index (χ0) is 22.0. The topological polar surface area (TPSA) is 75.5 Å². The fraction of sp³-hybridized carbons (Fsp3) is 0.292. The minimum atomic E-state index is -0.385. The maximum atomic E-state index is 13.0. The lowest BCUT2D eigenvalue weighted by Gasteiger charge is -2.14. The summed E-state index contributed by atoms with van der Waals surface area (Å²) < 4.78 is 12.4. The van der Waals surface area contributed by atoms with Crippen LogP contribution in [0.1, 0.15) is 12.8 Å². The molecule has 0 amide bonds. The Morgan fingerprint density at radius 3 is 2.66 bits per heavy atom. The highest BCUT2D eigenvalue weighted by Crippen LogP contribution is 2.29. The van der Waals surface area contributed by atoms with Crippen LogP contribution in [-0.2, 0) is 25.4 Å². The first-order valence-corrected chi connectivity index (χ1v) is 10.8. The van der Waals surface area contributed by atoms with Gasteiger partial charge in [0.2, 0.25) is 5.78 Å². The zero-order valence-electron chi connectivity index (χ0n) is 18.0. The molecule has 1 aliphatic heterocycles. The highest BCUT2D eigenvalue weighted by Gasteiger charge is 2.24. The van der Waals surface area contributed by atoms with Gasteiger partial charge in [-0.3, -0.25) is 18.3 Å². The normalized spacial score (nSPS) is 16.6. The van der Waals surface area contributed by atoms with Crippen molar-refractivity contribution in [2.45, 2.75) is 25.5 Å². The molecule has 3 aromatic heterocycles. The zero-order valence-corrected chi connectivity index (χ0v) is 18.0. The number of nitrogens with zero attached hydrogens (tertiary/aromatic N) is 5. The number of aryl methyl sites for hydroxylation is 1. The molecular weight excluding hydrogens is 406 g/mol. The molecule has 162 valence electrons. The maximum Gasteiger partial charge on any atom is 0.332 e. The molecule has 0 unspecified atom stereocenters. The molecular formula is C24H23N5O3. The van der Waals surface area contributed by atoms with Gasteiger partial charge >= 0.3 is 5.69 Å². The average molecular weight is 429 g/mol. The molecule has 8 heteroatoms. The number of fused-ring (bicyclic) bond motifs is 4. The van der Waals surface area contributed by atoms with Crippen LogP contribution in [0.3, 0.4) is 0 Å². The number of rotatable bonds is 3. The average Bonchev–Trinajstić information content (AvgIpc) is 3.53. The van der Waals surface area contributed by atoms with Crippen LogP contribution in [0.5, 0.6) is 0 Å². The Bertz CT molecular complexity index is 1630.